The third-order valence-electron chi connectivity index (χ3n) is 7.64. The summed E-state index contributed by atoms with van der Waals surface area (Å²) in [6.07, 6.45) is 13.0. The Kier molecular flexibility index (Phi) is 15.6. The summed E-state index contributed by atoms with van der Waals surface area (Å²) in [4.78, 5) is 28.8. The number of nitrogens with zero attached hydrogens (tertiary/aromatic N) is 2. The standard InChI is InChI=1S/C35H53N3O6/c1-35(2,3)17-20-42-22-24-44-25-23-43-21-19-38-27-30(14-16-32(38)39)29(26-33(40)41)10-7-5-4-6-8-12-31-15-13-28-11-9-18-36-34(28)37-31/h10,13-16,27H,4-9,11-12,17-26H2,1-3H3,(H,36,37)(H,40,41). The second-order valence-electron chi connectivity index (χ2n) is 12.7. The number of ether oxygens (including phenoxy) is 3. The Morgan fingerprint density at radius 2 is 1.70 bits per heavy atom. The van der Waals surface area contributed by atoms with Gasteiger partial charge in [-0.05, 0) is 79.2 Å². The average Bonchev–Trinajstić information content (AvgIpc) is 2.98. The second kappa shape index (κ2) is 19.4. The number of fused-ring (bicyclic) bond motifs is 1. The van der Waals surface area contributed by atoms with E-state index in [2.05, 4.69) is 38.2 Å². The molecule has 0 fully saturated rings. The van der Waals surface area contributed by atoms with Gasteiger partial charge in [-0.25, -0.2) is 4.98 Å². The van der Waals surface area contributed by atoms with Crippen LogP contribution in [0, 0.1) is 5.41 Å². The molecule has 2 N–H and O–H groups in total. The van der Waals surface area contributed by atoms with Crippen LogP contribution in [-0.4, -0.2) is 66.8 Å². The summed E-state index contributed by atoms with van der Waals surface area (Å²) >= 11 is 0. The lowest BCUT2D eigenvalue weighted by Gasteiger charge is -2.17. The molecular weight excluding hydrogens is 558 g/mol. The first-order valence-electron chi connectivity index (χ1n) is 16.3. The molecule has 3 rings (SSSR count). The predicted octanol–water partition coefficient (Wildman–Crippen LogP) is 6.14. The minimum absolute atomic E-state index is 0.0794. The molecule has 2 aromatic heterocycles. The van der Waals surface area contributed by atoms with Crippen molar-refractivity contribution >= 4 is 17.4 Å². The maximum absolute atomic E-state index is 12.4. The van der Waals surface area contributed by atoms with Gasteiger partial charge in [0.05, 0.1) is 39.5 Å². The van der Waals surface area contributed by atoms with E-state index in [1.165, 1.54) is 18.1 Å². The molecule has 9 heteroatoms. The molecule has 0 saturated carbocycles. The number of hydrogen-bond donors (Lipinski definition) is 2. The van der Waals surface area contributed by atoms with Gasteiger partial charge in [0, 0.05) is 37.7 Å². The molecule has 0 radical (unpaired) electrons. The number of nitrogens with one attached hydrogen (secondary N) is 1. The van der Waals surface area contributed by atoms with Crippen LogP contribution in [0.25, 0.3) is 5.57 Å². The number of anilines is 1. The first-order valence-corrected chi connectivity index (χ1v) is 16.3. The van der Waals surface area contributed by atoms with Crippen molar-refractivity contribution in [1.29, 1.82) is 0 Å². The monoisotopic (exact) mass is 611 g/mol. The van der Waals surface area contributed by atoms with Crippen LogP contribution in [-0.2, 0) is 38.4 Å². The topological polar surface area (TPSA) is 112 Å². The maximum atomic E-state index is 12.4. The number of aromatic nitrogens is 2. The van der Waals surface area contributed by atoms with Crippen LogP contribution < -0.4 is 10.9 Å². The zero-order chi connectivity index (χ0) is 31.6. The molecule has 0 unspecified atom stereocenters. The van der Waals surface area contributed by atoms with Crippen molar-refractivity contribution in [2.45, 2.75) is 91.5 Å². The number of aryl methyl sites for hydroxylation is 2. The Bertz CT molecular complexity index is 1230. The number of rotatable bonds is 21. The SMILES string of the molecule is CC(C)(C)CCOCCOCCOCCn1cc(C(=CCCCCCCc2ccc3c(n2)NCCC3)CC(=O)O)ccc1=O. The van der Waals surface area contributed by atoms with Crippen molar-refractivity contribution < 1.29 is 24.1 Å². The highest BCUT2D eigenvalue weighted by Gasteiger charge is 2.11. The van der Waals surface area contributed by atoms with E-state index in [-0.39, 0.29) is 17.4 Å². The molecule has 0 atom stereocenters. The van der Waals surface area contributed by atoms with Crippen molar-refractivity contribution in [2.75, 3.05) is 51.5 Å². The first-order chi connectivity index (χ1) is 21.2. The highest BCUT2D eigenvalue weighted by Crippen LogP contribution is 2.22. The zero-order valence-corrected chi connectivity index (χ0v) is 27.1. The molecule has 44 heavy (non-hydrogen) atoms. The van der Waals surface area contributed by atoms with E-state index >= 15 is 0 Å². The normalized spacial score (nSPS) is 13.5. The first kappa shape index (κ1) is 35.5. The number of aliphatic carboxylic acids is 1. The number of carboxylic acids is 1. The van der Waals surface area contributed by atoms with Crippen LogP contribution >= 0.6 is 0 Å². The lowest BCUT2D eigenvalue weighted by Crippen LogP contribution is -2.22. The fourth-order valence-electron chi connectivity index (χ4n) is 5.02. The van der Waals surface area contributed by atoms with Gasteiger partial charge in [0.15, 0.2) is 0 Å². The van der Waals surface area contributed by atoms with Crippen LogP contribution in [0.4, 0.5) is 5.82 Å². The minimum Gasteiger partial charge on any atom is -0.481 e. The number of pyridine rings is 2. The van der Waals surface area contributed by atoms with Gasteiger partial charge in [-0.3, -0.25) is 9.59 Å². The van der Waals surface area contributed by atoms with Crippen LogP contribution in [0.2, 0.25) is 0 Å². The number of unbranched alkanes of at least 4 members (excludes halogenated alkanes) is 4. The molecule has 0 saturated heterocycles. The van der Waals surface area contributed by atoms with E-state index in [0.717, 1.165) is 87.2 Å². The molecular formula is C35H53N3O6. The van der Waals surface area contributed by atoms with E-state index in [1.807, 2.05) is 6.08 Å². The van der Waals surface area contributed by atoms with Gasteiger partial charge < -0.3 is 29.2 Å². The number of allylic oxidation sites excluding steroid dienone is 1. The quantitative estimate of drug-likeness (QED) is 0.162. The van der Waals surface area contributed by atoms with Crippen molar-refractivity contribution in [2.24, 2.45) is 5.41 Å². The summed E-state index contributed by atoms with van der Waals surface area (Å²) in [5.74, 6) is 0.168. The minimum atomic E-state index is -0.885. The van der Waals surface area contributed by atoms with E-state index in [9.17, 15) is 14.7 Å². The lowest BCUT2D eigenvalue weighted by atomic mass is 9.93. The van der Waals surface area contributed by atoms with Gasteiger partial charge in [0.1, 0.15) is 5.82 Å². The highest BCUT2D eigenvalue weighted by molar-refractivity contribution is 5.83. The average molecular weight is 612 g/mol. The van der Waals surface area contributed by atoms with Gasteiger partial charge in [-0.15, -0.1) is 0 Å². The molecule has 0 bridgehead atoms. The van der Waals surface area contributed by atoms with Gasteiger partial charge in [0.25, 0.3) is 5.56 Å². The molecule has 1 aliphatic heterocycles. The number of hydrogen-bond acceptors (Lipinski definition) is 7. The van der Waals surface area contributed by atoms with Crippen LogP contribution in [0.1, 0.15) is 89.0 Å². The van der Waals surface area contributed by atoms with Crippen molar-refractivity contribution in [3.8, 4) is 0 Å². The van der Waals surface area contributed by atoms with Gasteiger partial charge in [-0.1, -0.05) is 45.8 Å². The third-order valence-corrected chi connectivity index (χ3v) is 7.64. The Morgan fingerprint density at radius 1 is 0.977 bits per heavy atom. The molecule has 0 spiro atoms. The van der Waals surface area contributed by atoms with Crippen LogP contribution in [0.3, 0.4) is 0 Å². The lowest BCUT2D eigenvalue weighted by molar-refractivity contribution is -0.135. The Balaban J connectivity index is 1.35. The van der Waals surface area contributed by atoms with Crippen LogP contribution in [0.15, 0.2) is 41.3 Å². The molecule has 3 heterocycles. The Labute approximate surface area is 263 Å². The molecule has 2 aromatic rings. The van der Waals surface area contributed by atoms with Crippen molar-refractivity contribution in [3.63, 3.8) is 0 Å². The van der Waals surface area contributed by atoms with E-state index in [4.69, 9.17) is 19.2 Å². The number of carboxylic acid groups (broad SMARTS) is 1. The number of carbonyl (C=O) groups is 1. The zero-order valence-electron chi connectivity index (χ0n) is 27.1. The van der Waals surface area contributed by atoms with Gasteiger partial charge in [0.2, 0.25) is 0 Å². The van der Waals surface area contributed by atoms with E-state index in [0.29, 0.717) is 39.6 Å². The second-order valence-corrected chi connectivity index (χ2v) is 12.7. The highest BCUT2D eigenvalue weighted by atomic mass is 16.5. The third kappa shape index (κ3) is 14.2. The summed E-state index contributed by atoms with van der Waals surface area (Å²) in [5.41, 5.74) is 4.08. The predicted molar refractivity (Wildman–Crippen MR) is 175 cm³/mol. The molecule has 0 aliphatic carbocycles. The molecule has 1 aliphatic rings. The molecule has 0 amide bonds. The largest absolute Gasteiger partial charge is 0.481 e. The summed E-state index contributed by atoms with van der Waals surface area (Å²) in [7, 11) is 0. The van der Waals surface area contributed by atoms with Crippen molar-refractivity contribution in [1.82, 2.24) is 9.55 Å². The fraction of sp³-hybridized carbons (Fsp3) is 0.629. The summed E-state index contributed by atoms with van der Waals surface area (Å²) in [5, 5.41) is 12.9. The summed E-state index contributed by atoms with van der Waals surface area (Å²) in [6, 6.07) is 7.57. The Morgan fingerprint density at radius 3 is 2.45 bits per heavy atom. The van der Waals surface area contributed by atoms with Crippen molar-refractivity contribution in [3.05, 3.63) is 63.7 Å². The maximum Gasteiger partial charge on any atom is 0.307 e. The van der Waals surface area contributed by atoms with Gasteiger partial charge >= 0.3 is 5.97 Å². The Hall–Kier alpha value is -3.01. The molecule has 9 nitrogen and oxygen atoms in total. The van der Waals surface area contributed by atoms with E-state index < -0.39 is 5.97 Å². The molecule has 0 aromatic carbocycles. The fourth-order valence-corrected chi connectivity index (χ4v) is 5.02. The van der Waals surface area contributed by atoms with Gasteiger partial charge in [-0.2, -0.15) is 0 Å². The van der Waals surface area contributed by atoms with Crippen LogP contribution in [0.5, 0.6) is 0 Å². The summed E-state index contributed by atoms with van der Waals surface area (Å²) < 4.78 is 18.4. The smallest absolute Gasteiger partial charge is 0.307 e. The summed E-state index contributed by atoms with van der Waals surface area (Å²) in [6.45, 7) is 11.0. The van der Waals surface area contributed by atoms with E-state index in [1.54, 1.807) is 16.8 Å². The molecule has 244 valence electrons.